The highest BCUT2D eigenvalue weighted by Crippen LogP contribution is 2.22. The Balaban J connectivity index is 0.00000364. The number of hydrogen-bond donors (Lipinski definition) is 3. The molecule has 2 rings (SSSR count). The fourth-order valence-electron chi connectivity index (χ4n) is 2.34. The molecule has 0 aliphatic heterocycles. The third-order valence-electron chi connectivity index (χ3n) is 3.64. The van der Waals surface area contributed by atoms with Gasteiger partial charge in [-0.3, -0.25) is 4.79 Å². The van der Waals surface area contributed by atoms with Gasteiger partial charge in [-0.05, 0) is 49.4 Å². The van der Waals surface area contributed by atoms with Crippen molar-refractivity contribution in [2.24, 2.45) is 4.99 Å². The third kappa shape index (κ3) is 7.84. The van der Waals surface area contributed by atoms with Crippen LogP contribution in [0.15, 0.2) is 50.9 Å². The number of aryl methyl sites for hydroxylation is 1. The molecule has 27 heavy (non-hydrogen) atoms. The van der Waals surface area contributed by atoms with Gasteiger partial charge in [0, 0.05) is 24.5 Å². The van der Waals surface area contributed by atoms with Gasteiger partial charge in [-0.15, -0.1) is 35.7 Å². The number of hydrogen-bond acceptors (Lipinski definition) is 4. The number of carbonyl (C=O) groups is 1. The molecule has 0 aliphatic rings. The largest absolute Gasteiger partial charge is 0.459 e. The zero-order chi connectivity index (χ0) is 18.8. The van der Waals surface area contributed by atoms with Crippen LogP contribution in [0.2, 0.25) is 0 Å². The lowest BCUT2D eigenvalue weighted by Gasteiger charge is -2.12. The molecule has 1 amide bonds. The Morgan fingerprint density at radius 1 is 1.19 bits per heavy atom. The van der Waals surface area contributed by atoms with Crippen LogP contribution in [0.3, 0.4) is 0 Å². The van der Waals surface area contributed by atoms with Crippen LogP contribution in [0.1, 0.15) is 28.6 Å². The van der Waals surface area contributed by atoms with Gasteiger partial charge in [0.2, 0.25) is 0 Å². The zero-order valence-electron chi connectivity index (χ0n) is 15.9. The van der Waals surface area contributed by atoms with Crippen LogP contribution in [0.25, 0.3) is 0 Å². The summed E-state index contributed by atoms with van der Waals surface area (Å²) in [7, 11) is 0. The number of carbonyl (C=O) groups excluding carboxylic acids is 1. The molecule has 0 atom stereocenters. The van der Waals surface area contributed by atoms with Gasteiger partial charge in [-0.1, -0.05) is 12.1 Å². The summed E-state index contributed by atoms with van der Waals surface area (Å²) >= 11 is 1.73. The lowest BCUT2D eigenvalue weighted by molar-refractivity contribution is 0.0926. The van der Waals surface area contributed by atoms with Crippen molar-refractivity contribution in [2.45, 2.75) is 25.3 Å². The Hall–Kier alpha value is -1.68. The van der Waals surface area contributed by atoms with Gasteiger partial charge in [-0.25, -0.2) is 4.99 Å². The van der Waals surface area contributed by atoms with Crippen molar-refractivity contribution < 1.29 is 9.21 Å². The Bertz CT molecular complexity index is 735. The van der Waals surface area contributed by atoms with E-state index >= 15 is 0 Å². The minimum atomic E-state index is -0.219. The van der Waals surface area contributed by atoms with E-state index in [1.807, 2.05) is 6.92 Å². The Kier molecular flexibility index (Phi) is 11.0. The number of guanidine groups is 1. The Morgan fingerprint density at radius 2 is 1.96 bits per heavy atom. The van der Waals surface area contributed by atoms with Crippen LogP contribution in [0.5, 0.6) is 0 Å². The summed E-state index contributed by atoms with van der Waals surface area (Å²) in [5, 5.41) is 9.24. The quantitative estimate of drug-likeness (QED) is 0.170. The van der Waals surface area contributed by atoms with Crippen LogP contribution in [-0.2, 0) is 6.54 Å². The molecule has 0 radical (unpaired) electrons. The first-order valence-corrected chi connectivity index (χ1v) is 9.84. The summed E-state index contributed by atoms with van der Waals surface area (Å²) in [6.45, 7) is 6.54. The second kappa shape index (κ2) is 12.7. The topological polar surface area (TPSA) is 78.7 Å². The average Bonchev–Trinajstić information content (AvgIpc) is 3.18. The Labute approximate surface area is 182 Å². The maximum absolute atomic E-state index is 11.8. The van der Waals surface area contributed by atoms with E-state index in [0.29, 0.717) is 25.4 Å². The van der Waals surface area contributed by atoms with Crippen LogP contribution >= 0.6 is 35.7 Å². The summed E-state index contributed by atoms with van der Waals surface area (Å²) in [4.78, 5) is 17.7. The fraction of sp³-hybridized carbons (Fsp3) is 0.368. The van der Waals surface area contributed by atoms with E-state index in [1.54, 1.807) is 23.9 Å². The van der Waals surface area contributed by atoms with E-state index in [2.05, 4.69) is 52.3 Å². The first-order chi connectivity index (χ1) is 12.6. The number of furan rings is 1. The molecule has 6 nitrogen and oxygen atoms in total. The lowest BCUT2D eigenvalue weighted by atomic mass is 10.1. The zero-order valence-corrected chi connectivity index (χ0v) is 19.0. The highest BCUT2D eigenvalue weighted by atomic mass is 127. The standard InChI is InChI=1S/C19H26N4O2S.HI/c1-4-20-19(22-10-9-21-18(24)16-6-5-11-25-16)23-13-15-8-7-14(2)12-17(15)26-3;/h5-8,11-12H,4,9-10,13H2,1-3H3,(H,21,24)(H2,20,22,23);1H. The highest BCUT2D eigenvalue weighted by molar-refractivity contribution is 14.0. The smallest absolute Gasteiger partial charge is 0.287 e. The second-order valence-corrected chi connectivity index (χ2v) is 6.52. The van der Waals surface area contributed by atoms with Crippen molar-refractivity contribution >= 4 is 47.6 Å². The molecule has 0 unspecified atom stereocenters. The molecule has 148 valence electrons. The van der Waals surface area contributed by atoms with Gasteiger partial charge in [-0.2, -0.15) is 0 Å². The maximum Gasteiger partial charge on any atom is 0.287 e. The number of nitrogens with one attached hydrogen (secondary N) is 3. The van der Waals surface area contributed by atoms with E-state index in [1.165, 1.54) is 22.3 Å². The molecular weight excluding hydrogens is 475 g/mol. The number of benzene rings is 1. The number of amides is 1. The molecule has 0 spiro atoms. The molecule has 8 heteroatoms. The summed E-state index contributed by atoms with van der Waals surface area (Å²) in [5.41, 5.74) is 2.45. The van der Waals surface area contributed by atoms with E-state index in [9.17, 15) is 4.79 Å². The van der Waals surface area contributed by atoms with Gasteiger partial charge >= 0.3 is 0 Å². The molecule has 0 aliphatic carbocycles. The van der Waals surface area contributed by atoms with Crippen molar-refractivity contribution in [3.8, 4) is 0 Å². The molecule has 2 aromatic rings. The number of halogens is 1. The van der Waals surface area contributed by atoms with Crippen molar-refractivity contribution in [3.05, 3.63) is 53.5 Å². The monoisotopic (exact) mass is 502 g/mol. The fourth-order valence-corrected chi connectivity index (χ4v) is 3.04. The molecule has 1 heterocycles. The van der Waals surface area contributed by atoms with Gasteiger partial charge in [0.1, 0.15) is 0 Å². The predicted molar refractivity (Wildman–Crippen MR) is 122 cm³/mol. The van der Waals surface area contributed by atoms with Gasteiger partial charge < -0.3 is 20.4 Å². The molecule has 0 bridgehead atoms. The molecule has 1 aromatic carbocycles. The number of rotatable bonds is 8. The van der Waals surface area contributed by atoms with E-state index in [-0.39, 0.29) is 29.9 Å². The van der Waals surface area contributed by atoms with Crippen LogP contribution in [0.4, 0.5) is 0 Å². The van der Waals surface area contributed by atoms with Crippen molar-refractivity contribution in [1.29, 1.82) is 0 Å². The molecule has 0 saturated heterocycles. The molecule has 1 aromatic heterocycles. The molecular formula is C19H27IN4O2S. The maximum atomic E-state index is 11.8. The van der Waals surface area contributed by atoms with Crippen molar-refractivity contribution in [1.82, 2.24) is 16.0 Å². The second-order valence-electron chi connectivity index (χ2n) is 5.67. The van der Waals surface area contributed by atoms with E-state index in [0.717, 1.165) is 12.5 Å². The normalized spacial score (nSPS) is 10.9. The van der Waals surface area contributed by atoms with Crippen molar-refractivity contribution in [2.75, 3.05) is 25.9 Å². The van der Waals surface area contributed by atoms with Crippen LogP contribution in [-0.4, -0.2) is 37.8 Å². The van der Waals surface area contributed by atoms with E-state index < -0.39 is 0 Å². The number of nitrogens with zero attached hydrogens (tertiary/aromatic N) is 1. The minimum Gasteiger partial charge on any atom is -0.459 e. The van der Waals surface area contributed by atoms with E-state index in [4.69, 9.17) is 4.42 Å². The third-order valence-corrected chi connectivity index (χ3v) is 4.46. The number of thioether (sulfide) groups is 1. The summed E-state index contributed by atoms with van der Waals surface area (Å²) in [6.07, 6.45) is 3.56. The Morgan fingerprint density at radius 3 is 2.63 bits per heavy atom. The van der Waals surface area contributed by atoms with Crippen LogP contribution < -0.4 is 16.0 Å². The van der Waals surface area contributed by atoms with Gasteiger partial charge in [0.15, 0.2) is 11.7 Å². The SMILES string of the molecule is CCNC(=NCc1ccc(C)cc1SC)NCCNC(=O)c1ccco1.I. The summed E-state index contributed by atoms with van der Waals surface area (Å²) < 4.78 is 5.06. The molecule has 0 fully saturated rings. The van der Waals surface area contributed by atoms with Gasteiger partial charge in [0.25, 0.3) is 5.91 Å². The minimum absolute atomic E-state index is 0. The van der Waals surface area contributed by atoms with Gasteiger partial charge in [0.05, 0.1) is 12.8 Å². The molecule has 3 N–H and O–H groups in total. The molecule has 0 saturated carbocycles. The van der Waals surface area contributed by atoms with Crippen LogP contribution in [0, 0.1) is 6.92 Å². The summed E-state index contributed by atoms with van der Waals surface area (Å²) in [5.74, 6) is 0.824. The first-order valence-electron chi connectivity index (χ1n) is 8.61. The lowest BCUT2D eigenvalue weighted by Crippen LogP contribution is -2.41. The first kappa shape index (κ1) is 23.4. The predicted octanol–water partition coefficient (Wildman–Crippen LogP) is 3.41. The summed E-state index contributed by atoms with van der Waals surface area (Å²) in [6, 6.07) is 9.74. The van der Waals surface area contributed by atoms with Crippen molar-refractivity contribution in [3.63, 3.8) is 0 Å². The average molecular weight is 502 g/mol. The number of aliphatic imine (C=N–C) groups is 1. The highest BCUT2D eigenvalue weighted by Gasteiger charge is 2.07.